The van der Waals surface area contributed by atoms with E-state index >= 15 is 0 Å². The SMILES string of the molecule is CCCCCCOc1ccc(C(=O)NNC(=O)c2ccn(C)c(=O)c2)cc1. The quantitative estimate of drug-likeness (QED) is 0.551. The number of benzene rings is 1. The van der Waals surface area contributed by atoms with Crippen LogP contribution < -0.4 is 21.1 Å². The molecule has 1 aromatic heterocycles. The molecule has 144 valence electrons. The lowest BCUT2D eigenvalue weighted by atomic mass is 10.2. The predicted octanol–water partition coefficient (Wildman–Crippen LogP) is 2.42. The van der Waals surface area contributed by atoms with Gasteiger partial charge in [-0.05, 0) is 36.8 Å². The van der Waals surface area contributed by atoms with Crippen molar-refractivity contribution in [3.05, 3.63) is 64.1 Å². The van der Waals surface area contributed by atoms with Crippen LogP contribution in [0.2, 0.25) is 0 Å². The first-order valence-electron chi connectivity index (χ1n) is 9.01. The number of nitrogens with zero attached hydrogens (tertiary/aromatic N) is 1. The number of carbonyl (C=O) groups is 2. The minimum atomic E-state index is -0.562. The van der Waals surface area contributed by atoms with Crippen LogP contribution in [0.4, 0.5) is 0 Å². The van der Waals surface area contributed by atoms with Gasteiger partial charge >= 0.3 is 0 Å². The van der Waals surface area contributed by atoms with Gasteiger partial charge in [-0.25, -0.2) is 0 Å². The summed E-state index contributed by atoms with van der Waals surface area (Å²) in [4.78, 5) is 35.7. The molecule has 2 rings (SSSR count). The van der Waals surface area contributed by atoms with Gasteiger partial charge in [0.2, 0.25) is 0 Å². The van der Waals surface area contributed by atoms with Gasteiger partial charge in [0.15, 0.2) is 0 Å². The van der Waals surface area contributed by atoms with E-state index in [9.17, 15) is 14.4 Å². The van der Waals surface area contributed by atoms with Crippen LogP contribution in [0, 0.1) is 0 Å². The average Bonchev–Trinajstić information content (AvgIpc) is 2.68. The number of hydrogen-bond donors (Lipinski definition) is 2. The Bertz CT molecular complexity index is 828. The first kappa shape index (κ1) is 20.2. The molecule has 0 fully saturated rings. The Morgan fingerprint density at radius 3 is 2.26 bits per heavy atom. The zero-order valence-corrected chi connectivity index (χ0v) is 15.7. The fourth-order valence-corrected chi connectivity index (χ4v) is 2.37. The summed E-state index contributed by atoms with van der Waals surface area (Å²) in [5.41, 5.74) is 4.88. The molecule has 0 saturated heterocycles. The number of pyridine rings is 1. The van der Waals surface area contributed by atoms with E-state index in [1.807, 2.05) is 0 Å². The van der Waals surface area contributed by atoms with Crippen molar-refractivity contribution >= 4 is 11.8 Å². The van der Waals surface area contributed by atoms with Crippen LogP contribution in [0.25, 0.3) is 0 Å². The molecule has 0 unspecified atom stereocenters. The molecule has 2 amide bonds. The van der Waals surface area contributed by atoms with Crippen molar-refractivity contribution in [2.45, 2.75) is 32.6 Å². The molecule has 27 heavy (non-hydrogen) atoms. The zero-order chi connectivity index (χ0) is 19.6. The second-order valence-electron chi connectivity index (χ2n) is 6.21. The van der Waals surface area contributed by atoms with Gasteiger partial charge < -0.3 is 9.30 Å². The highest BCUT2D eigenvalue weighted by molar-refractivity contribution is 5.99. The normalized spacial score (nSPS) is 10.3. The van der Waals surface area contributed by atoms with E-state index in [2.05, 4.69) is 17.8 Å². The van der Waals surface area contributed by atoms with Crippen LogP contribution in [-0.4, -0.2) is 23.0 Å². The summed E-state index contributed by atoms with van der Waals surface area (Å²) in [5, 5.41) is 0. The number of hydrazine groups is 1. The van der Waals surface area contributed by atoms with E-state index < -0.39 is 11.8 Å². The molecule has 0 aliphatic rings. The summed E-state index contributed by atoms with van der Waals surface area (Å²) >= 11 is 0. The highest BCUT2D eigenvalue weighted by Gasteiger charge is 2.10. The van der Waals surface area contributed by atoms with Crippen LogP contribution in [0.1, 0.15) is 53.3 Å². The van der Waals surface area contributed by atoms with Crippen LogP contribution in [0.15, 0.2) is 47.4 Å². The number of aryl methyl sites for hydroxylation is 1. The molecule has 0 aliphatic carbocycles. The monoisotopic (exact) mass is 371 g/mol. The Kier molecular flexibility index (Phi) is 7.61. The van der Waals surface area contributed by atoms with Gasteiger partial charge in [-0.1, -0.05) is 26.2 Å². The molecular weight excluding hydrogens is 346 g/mol. The van der Waals surface area contributed by atoms with Gasteiger partial charge in [0.05, 0.1) is 6.61 Å². The lowest BCUT2D eigenvalue weighted by Crippen LogP contribution is -2.42. The fourth-order valence-electron chi connectivity index (χ4n) is 2.37. The molecule has 0 bridgehead atoms. The molecule has 0 atom stereocenters. The van der Waals surface area contributed by atoms with Gasteiger partial charge in [0.25, 0.3) is 17.4 Å². The highest BCUT2D eigenvalue weighted by atomic mass is 16.5. The smallest absolute Gasteiger partial charge is 0.269 e. The van der Waals surface area contributed by atoms with Crippen LogP contribution in [0.3, 0.4) is 0 Å². The zero-order valence-electron chi connectivity index (χ0n) is 15.7. The van der Waals surface area contributed by atoms with Crippen LogP contribution in [-0.2, 0) is 7.05 Å². The lowest BCUT2D eigenvalue weighted by Gasteiger charge is -2.09. The Labute approximate surface area is 158 Å². The molecule has 0 spiro atoms. The first-order valence-corrected chi connectivity index (χ1v) is 9.01. The average molecular weight is 371 g/mol. The van der Waals surface area contributed by atoms with E-state index in [4.69, 9.17) is 4.74 Å². The van der Waals surface area contributed by atoms with Gasteiger partial charge in [-0.15, -0.1) is 0 Å². The van der Waals surface area contributed by atoms with Gasteiger partial charge in [-0.3, -0.25) is 25.2 Å². The van der Waals surface area contributed by atoms with Crippen molar-refractivity contribution in [2.24, 2.45) is 7.05 Å². The van der Waals surface area contributed by atoms with Crippen molar-refractivity contribution in [3.8, 4) is 5.75 Å². The van der Waals surface area contributed by atoms with Crippen molar-refractivity contribution in [1.82, 2.24) is 15.4 Å². The molecule has 0 aliphatic heterocycles. The fraction of sp³-hybridized carbons (Fsp3) is 0.350. The lowest BCUT2D eigenvalue weighted by molar-refractivity contribution is 0.0846. The number of aromatic nitrogens is 1. The largest absolute Gasteiger partial charge is 0.494 e. The van der Waals surface area contributed by atoms with Crippen LogP contribution >= 0.6 is 0 Å². The minimum Gasteiger partial charge on any atom is -0.494 e. The summed E-state index contributed by atoms with van der Waals surface area (Å²) in [7, 11) is 1.59. The van der Waals surface area contributed by atoms with Crippen molar-refractivity contribution in [2.75, 3.05) is 6.61 Å². The van der Waals surface area contributed by atoms with E-state index in [-0.39, 0.29) is 11.1 Å². The molecule has 7 nitrogen and oxygen atoms in total. The van der Waals surface area contributed by atoms with E-state index in [1.54, 1.807) is 31.3 Å². The van der Waals surface area contributed by atoms with Gasteiger partial charge in [0, 0.05) is 30.4 Å². The number of amides is 2. The third-order valence-corrected chi connectivity index (χ3v) is 4.04. The third-order valence-electron chi connectivity index (χ3n) is 4.04. The van der Waals surface area contributed by atoms with E-state index in [0.29, 0.717) is 17.9 Å². The van der Waals surface area contributed by atoms with Gasteiger partial charge in [-0.2, -0.15) is 0 Å². The summed E-state index contributed by atoms with van der Waals surface area (Å²) in [5.74, 6) is -0.318. The van der Waals surface area contributed by atoms with Gasteiger partial charge in [0.1, 0.15) is 5.75 Å². The molecule has 0 radical (unpaired) electrons. The van der Waals surface area contributed by atoms with Crippen molar-refractivity contribution in [3.63, 3.8) is 0 Å². The highest BCUT2D eigenvalue weighted by Crippen LogP contribution is 2.13. The molecule has 2 N–H and O–H groups in total. The maximum Gasteiger partial charge on any atom is 0.269 e. The molecular formula is C20H25N3O4. The molecule has 1 heterocycles. The number of unbranched alkanes of at least 4 members (excludes halogenated alkanes) is 3. The van der Waals surface area contributed by atoms with E-state index in [0.717, 1.165) is 12.8 Å². The molecule has 2 aromatic rings. The summed E-state index contributed by atoms with van der Waals surface area (Å²) in [6.07, 6.45) is 6.02. The molecule has 7 heteroatoms. The molecule has 1 aromatic carbocycles. The minimum absolute atomic E-state index is 0.172. The van der Waals surface area contributed by atoms with E-state index in [1.165, 1.54) is 35.7 Å². The van der Waals surface area contributed by atoms with Crippen molar-refractivity contribution < 1.29 is 14.3 Å². The summed E-state index contributed by atoms with van der Waals surface area (Å²) in [6.45, 7) is 2.81. The number of nitrogens with one attached hydrogen (secondary N) is 2. The second kappa shape index (κ2) is 10.2. The summed E-state index contributed by atoms with van der Waals surface area (Å²) < 4.78 is 6.98. The molecule has 0 saturated carbocycles. The predicted molar refractivity (Wildman–Crippen MR) is 103 cm³/mol. The Balaban J connectivity index is 1.82. The maximum absolute atomic E-state index is 12.1. The Morgan fingerprint density at radius 2 is 1.63 bits per heavy atom. The van der Waals surface area contributed by atoms with Crippen LogP contribution in [0.5, 0.6) is 5.75 Å². The number of ether oxygens (including phenoxy) is 1. The number of hydrogen-bond acceptors (Lipinski definition) is 4. The van der Waals surface area contributed by atoms with Crippen molar-refractivity contribution in [1.29, 1.82) is 0 Å². The maximum atomic E-state index is 12.1. The Morgan fingerprint density at radius 1 is 0.963 bits per heavy atom. The number of carbonyl (C=O) groups excluding carboxylic acids is 2. The number of rotatable bonds is 8. The first-order chi connectivity index (χ1) is 13.0. The standard InChI is InChI=1S/C20H25N3O4/c1-3-4-5-6-13-27-17-9-7-15(8-10-17)19(25)21-22-20(26)16-11-12-23(2)18(24)14-16/h7-12,14H,3-6,13H2,1-2H3,(H,21,25)(H,22,26). The third kappa shape index (κ3) is 6.29. The Hall–Kier alpha value is -3.09. The topological polar surface area (TPSA) is 89.4 Å². The second-order valence-corrected chi connectivity index (χ2v) is 6.21. The summed E-state index contributed by atoms with van der Waals surface area (Å²) in [6, 6.07) is 9.39.